The molecule has 0 aromatic heterocycles. The van der Waals surface area contributed by atoms with E-state index in [1.165, 1.54) is 7.05 Å². The van der Waals surface area contributed by atoms with Crippen LogP contribution in [0.2, 0.25) is 0 Å². The lowest BCUT2D eigenvalue weighted by molar-refractivity contribution is -0.185. The van der Waals surface area contributed by atoms with Crippen LogP contribution in [-0.4, -0.2) is 72.0 Å². The van der Waals surface area contributed by atoms with Gasteiger partial charge in [-0.1, -0.05) is 0 Å². The molecular weight excluding hydrogens is 293 g/mol. The highest BCUT2D eigenvalue weighted by molar-refractivity contribution is 5.81. The number of likely N-dealkylation sites (N-methyl/N-ethyl adjacent to an activating group) is 2. The zero-order valence-corrected chi connectivity index (χ0v) is 12.7. The molecule has 0 aliphatic heterocycles. The van der Waals surface area contributed by atoms with Crippen molar-refractivity contribution in [3.8, 4) is 0 Å². The number of rotatable bonds is 4. The molecule has 0 saturated heterocycles. The number of alkyl halides is 3. The Balaban J connectivity index is 4.41. The molecular formula is C12H21F3N2O4. The zero-order valence-electron chi connectivity index (χ0n) is 12.7. The second kappa shape index (κ2) is 6.97. The van der Waals surface area contributed by atoms with E-state index < -0.39 is 36.4 Å². The van der Waals surface area contributed by atoms with Gasteiger partial charge in [0.05, 0.1) is 12.6 Å². The number of nitrogens with zero attached hydrogens (tertiary/aromatic N) is 2. The van der Waals surface area contributed by atoms with Crippen LogP contribution in [0.5, 0.6) is 0 Å². The molecule has 0 spiro atoms. The Bertz CT molecular complexity index is 380. The number of hydrogen-bond acceptors (Lipinski definition) is 4. The fraction of sp³-hybridized carbons (Fsp3) is 0.833. The van der Waals surface area contributed by atoms with E-state index in [0.29, 0.717) is 4.90 Å². The summed E-state index contributed by atoms with van der Waals surface area (Å²) in [6.45, 7) is 4.16. The summed E-state index contributed by atoms with van der Waals surface area (Å²) in [5.74, 6) is -2.05. The average molecular weight is 314 g/mol. The van der Waals surface area contributed by atoms with Gasteiger partial charge in [0.25, 0.3) is 0 Å². The van der Waals surface area contributed by atoms with Crippen molar-refractivity contribution in [1.82, 2.24) is 9.80 Å². The minimum Gasteiger partial charge on any atom is -0.444 e. The molecule has 1 atom stereocenters. The van der Waals surface area contributed by atoms with Gasteiger partial charge in [-0.25, -0.2) is 4.79 Å². The van der Waals surface area contributed by atoms with Crippen molar-refractivity contribution in [2.24, 2.45) is 0 Å². The van der Waals surface area contributed by atoms with Crippen molar-refractivity contribution in [2.45, 2.75) is 38.7 Å². The first-order valence-corrected chi connectivity index (χ1v) is 6.18. The van der Waals surface area contributed by atoms with E-state index in [0.717, 1.165) is 11.9 Å². The van der Waals surface area contributed by atoms with Gasteiger partial charge in [-0.3, -0.25) is 4.79 Å². The van der Waals surface area contributed by atoms with E-state index >= 15 is 0 Å². The molecule has 0 heterocycles. The molecule has 0 rings (SSSR count). The van der Waals surface area contributed by atoms with E-state index in [2.05, 4.69) is 0 Å². The fourth-order valence-electron chi connectivity index (χ4n) is 1.40. The van der Waals surface area contributed by atoms with Gasteiger partial charge in [0.2, 0.25) is 0 Å². The molecule has 0 bridgehead atoms. The fourth-order valence-corrected chi connectivity index (χ4v) is 1.40. The third-order valence-corrected chi connectivity index (χ3v) is 2.26. The average Bonchev–Trinajstić information content (AvgIpc) is 2.23. The molecule has 0 fully saturated rings. The molecule has 9 heteroatoms. The lowest BCUT2D eigenvalue weighted by atomic mass is 10.2. The lowest BCUT2D eigenvalue weighted by Crippen LogP contribution is -2.46. The summed E-state index contributed by atoms with van der Waals surface area (Å²) in [7, 11) is 2.26. The summed E-state index contributed by atoms with van der Waals surface area (Å²) < 4.78 is 41.5. The second-order valence-electron chi connectivity index (χ2n) is 5.70. The highest BCUT2D eigenvalue weighted by Crippen LogP contribution is 2.17. The molecule has 1 N–H and O–H groups in total. The molecule has 1 unspecified atom stereocenters. The lowest BCUT2D eigenvalue weighted by Gasteiger charge is -2.27. The monoisotopic (exact) mass is 314 g/mol. The van der Waals surface area contributed by atoms with Gasteiger partial charge >= 0.3 is 18.2 Å². The largest absolute Gasteiger partial charge is 0.471 e. The molecule has 0 aliphatic carbocycles. The van der Waals surface area contributed by atoms with Crippen LogP contribution in [0.3, 0.4) is 0 Å². The third-order valence-electron chi connectivity index (χ3n) is 2.26. The van der Waals surface area contributed by atoms with E-state index in [1.807, 2.05) is 0 Å². The van der Waals surface area contributed by atoms with Gasteiger partial charge in [0, 0.05) is 20.6 Å². The summed E-state index contributed by atoms with van der Waals surface area (Å²) in [5.41, 5.74) is -0.723. The molecule has 21 heavy (non-hydrogen) atoms. The van der Waals surface area contributed by atoms with Gasteiger partial charge in [0.1, 0.15) is 5.60 Å². The van der Waals surface area contributed by atoms with Gasteiger partial charge < -0.3 is 19.6 Å². The van der Waals surface area contributed by atoms with Crippen molar-refractivity contribution in [3.63, 3.8) is 0 Å². The second-order valence-corrected chi connectivity index (χ2v) is 5.70. The van der Waals surface area contributed by atoms with Crippen molar-refractivity contribution in [2.75, 3.05) is 27.2 Å². The first kappa shape index (κ1) is 19.5. The van der Waals surface area contributed by atoms with Crippen LogP contribution in [0.4, 0.5) is 18.0 Å². The number of amides is 2. The predicted molar refractivity (Wildman–Crippen MR) is 68.6 cm³/mol. The third kappa shape index (κ3) is 7.74. The maximum Gasteiger partial charge on any atom is 0.471 e. The van der Waals surface area contributed by atoms with Crippen LogP contribution in [0.15, 0.2) is 0 Å². The number of aliphatic hydroxyl groups is 1. The van der Waals surface area contributed by atoms with E-state index in [9.17, 15) is 27.9 Å². The molecule has 0 aromatic carbocycles. The van der Waals surface area contributed by atoms with E-state index in [-0.39, 0.29) is 6.54 Å². The topological polar surface area (TPSA) is 70.1 Å². The molecule has 2 amide bonds. The van der Waals surface area contributed by atoms with E-state index in [4.69, 9.17) is 4.74 Å². The number of ether oxygens (including phenoxy) is 1. The summed E-state index contributed by atoms with van der Waals surface area (Å²) in [6.07, 6.45) is -7.03. The molecule has 0 radical (unpaired) electrons. The number of halogens is 3. The van der Waals surface area contributed by atoms with Gasteiger partial charge in [-0.2, -0.15) is 13.2 Å². The Morgan fingerprint density at radius 3 is 1.90 bits per heavy atom. The smallest absolute Gasteiger partial charge is 0.444 e. The van der Waals surface area contributed by atoms with Crippen molar-refractivity contribution >= 4 is 12.0 Å². The highest BCUT2D eigenvalue weighted by atomic mass is 19.4. The highest BCUT2D eigenvalue weighted by Gasteiger charge is 2.41. The molecule has 0 aliphatic rings. The minimum atomic E-state index is -4.99. The Morgan fingerprint density at radius 1 is 1.10 bits per heavy atom. The Morgan fingerprint density at radius 2 is 1.52 bits per heavy atom. The van der Waals surface area contributed by atoms with Crippen molar-refractivity contribution in [1.29, 1.82) is 0 Å². The van der Waals surface area contributed by atoms with Gasteiger partial charge in [-0.05, 0) is 20.8 Å². The summed E-state index contributed by atoms with van der Waals surface area (Å²) in [6, 6.07) is 0. The first-order chi connectivity index (χ1) is 9.24. The van der Waals surface area contributed by atoms with E-state index in [1.54, 1.807) is 20.8 Å². The van der Waals surface area contributed by atoms with Crippen molar-refractivity contribution < 1.29 is 32.6 Å². The van der Waals surface area contributed by atoms with Crippen LogP contribution in [0.1, 0.15) is 20.8 Å². The summed E-state index contributed by atoms with van der Waals surface area (Å²) >= 11 is 0. The minimum absolute atomic E-state index is 0.260. The number of aliphatic hydroxyl groups excluding tert-OH is 1. The van der Waals surface area contributed by atoms with Crippen LogP contribution in [0.25, 0.3) is 0 Å². The molecule has 6 nitrogen and oxygen atoms in total. The maximum atomic E-state index is 12.2. The summed E-state index contributed by atoms with van der Waals surface area (Å²) in [4.78, 5) is 23.9. The Labute approximate surface area is 121 Å². The van der Waals surface area contributed by atoms with Gasteiger partial charge in [-0.15, -0.1) is 0 Å². The van der Waals surface area contributed by atoms with Crippen LogP contribution < -0.4 is 0 Å². The first-order valence-electron chi connectivity index (χ1n) is 6.18. The molecule has 0 saturated carbocycles. The molecule has 124 valence electrons. The van der Waals surface area contributed by atoms with Crippen molar-refractivity contribution in [3.05, 3.63) is 0 Å². The Kier molecular flexibility index (Phi) is 6.47. The standard InChI is InChI=1S/C12H21F3N2O4/c1-11(2,3)21-10(20)17(5)7-8(18)6-16(4)9(19)12(13,14)15/h8,18H,6-7H2,1-5H3. The predicted octanol–water partition coefficient (Wildman–Crippen LogP) is 1.23. The maximum absolute atomic E-state index is 12.2. The number of carbonyl (C=O) groups is 2. The normalized spacial score (nSPS) is 13.6. The Hall–Kier alpha value is -1.51. The zero-order chi connectivity index (χ0) is 17.0. The summed E-state index contributed by atoms with van der Waals surface area (Å²) in [5, 5.41) is 9.64. The van der Waals surface area contributed by atoms with Gasteiger partial charge in [0.15, 0.2) is 0 Å². The van der Waals surface area contributed by atoms with Crippen LogP contribution >= 0.6 is 0 Å². The molecule has 0 aromatic rings. The number of hydrogen-bond donors (Lipinski definition) is 1. The van der Waals surface area contributed by atoms with Crippen LogP contribution in [-0.2, 0) is 9.53 Å². The number of carbonyl (C=O) groups excluding carboxylic acids is 2. The quantitative estimate of drug-likeness (QED) is 0.847. The van der Waals surface area contributed by atoms with Crippen LogP contribution in [0, 0.1) is 0 Å². The SMILES string of the molecule is CN(CC(O)CN(C)C(=O)C(F)(F)F)C(=O)OC(C)(C)C.